The predicted molar refractivity (Wildman–Crippen MR) is 89.2 cm³/mol. The second-order valence-electron chi connectivity index (χ2n) is 6.38. The average Bonchev–Trinajstić information content (AvgIpc) is 3.00. The number of hydrogen-bond donors (Lipinski definition) is 3. The van der Waals surface area contributed by atoms with Crippen LogP contribution in [0.1, 0.15) is 31.1 Å². The molecule has 4 N–H and O–H groups in total. The van der Waals surface area contributed by atoms with E-state index in [4.69, 9.17) is 10.2 Å². The number of nitrogens with two attached hydrogens (primary N) is 1. The minimum atomic E-state index is -0.633. The van der Waals surface area contributed by atoms with Gasteiger partial charge in [-0.15, -0.1) is 0 Å². The molecule has 2 aromatic rings. The lowest BCUT2D eigenvalue weighted by atomic mass is 9.87. The lowest BCUT2D eigenvalue weighted by Gasteiger charge is -2.25. The van der Waals surface area contributed by atoms with Crippen molar-refractivity contribution in [2.75, 3.05) is 10.6 Å². The van der Waals surface area contributed by atoms with Gasteiger partial charge in [0.2, 0.25) is 5.91 Å². The van der Waals surface area contributed by atoms with E-state index in [-0.39, 0.29) is 17.2 Å². The summed E-state index contributed by atoms with van der Waals surface area (Å²) in [5, 5.41) is 5.50. The van der Waals surface area contributed by atoms with Gasteiger partial charge in [0.05, 0.1) is 17.9 Å². The van der Waals surface area contributed by atoms with Crippen LogP contribution in [0.5, 0.6) is 0 Å². The zero-order chi connectivity index (χ0) is 17.0. The summed E-state index contributed by atoms with van der Waals surface area (Å²) in [7, 11) is 0. The summed E-state index contributed by atoms with van der Waals surface area (Å²) >= 11 is 0. The first-order valence-electron chi connectivity index (χ1n) is 7.27. The summed E-state index contributed by atoms with van der Waals surface area (Å²) in [5.74, 6) is -0.551. The van der Waals surface area contributed by atoms with Gasteiger partial charge in [0.25, 0.3) is 5.91 Å². The third kappa shape index (κ3) is 4.43. The standard InChI is InChI=1S/C17H21N3O3/c1-17(2,3)14(18)16(22)20-13-6-4-5-12(9-13)19-15(21)11-7-8-23-10-11/h4-10,14H,18H2,1-3H3,(H,19,21)(H,20,22)/t14-/m1/s1. The van der Waals surface area contributed by atoms with E-state index in [1.165, 1.54) is 12.5 Å². The van der Waals surface area contributed by atoms with E-state index in [0.717, 1.165) is 0 Å². The molecule has 6 nitrogen and oxygen atoms in total. The van der Waals surface area contributed by atoms with Crippen LogP contribution in [-0.2, 0) is 4.79 Å². The molecule has 0 aliphatic heterocycles. The lowest BCUT2D eigenvalue weighted by Crippen LogP contribution is -2.45. The SMILES string of the molecule is CC(C)(C)[C@H](N)C(=O)Nc1cccc(NC(=O)c2ccoc2)c1. The molecular formula is C17H21N3O3. The molecule has 0 saturated heterocycles. The Bertz CT molecular complexity index is 687. The van der Waals surface area contributed by atoms with Gasteiger partial charge >= 0.3 is 0 Å². The average molecular weight is 315 g/mol. The van der Waals surface area contributed by atoms with Gasteiger partial charge in [-0.05, 0) is 29.7 Å². The molecule has 122 valence electrons. The van der Waals surface area contributed by atoms with E-state index in [9.17, 15) is 9.59 Å². The Balaban J connectivity index is 2.05. The molecule has 0 unspecified atom stereocenters. The van der Waals surface area contributed by atoms with Crippen molar-refractivity contribution in [3.8, 4) is 0 Å². The molecule has 1 aromatic heterocycles. The fraction of sp³-hybridized carbons (Fsp3) is 0.294. The highest BCUT2D eigenvalue weighted by atomic mass is 16.3. The highest BCUT2D eigenvalue weighted by molar-refractivity contribution is 6.04. The third-order valence-electron chi connectivity index (χ3n) is 3.39. The first-order chi connectivity index (χ1) is 10.8. The Hall–Kier alpha value is -2.60. The minimum Gasteiger partial charge on any atom is -0.472 e. The fourth-order valence-corrected chi connectivity index (χ4v) is 1.88. The zero-order valence-electron chi connectivity index (χ0n) is 13.4. The highest BCUT2D eigenvalue weighted by Gasteiger charge is 2.27. The van der Waals surface area contributed by atoms with Gasteiger partial charge < -0.3 is 20.8 Å². The van der Waals surface area contributed by atoms with Crippen LogP contribution in [0.25, 0.3) is 0 Å². The maximum atomic E-state index is 12.1. The van der Waals surface area contributed by atoms with E-state index in [1.807, 2.05) is 20.8 Å². The summed E-state index contributed by atoms with van der Waals surface area (Å²) in [6.45, 7) is 5.70. The van der Waals surface area contributed by atoms with Crippen molar-refractivity contribution < 1.29 is 14.0 Å². The number of anilines is 2. The van der Waals surface area contributed by atoms with Crippen LogP contribution in [0, 0.1) is 5.41 Å². The second kappa shape index (κ2) is 6.66. The Morgan fingerprint density at radius 1 is 1.13 bits per heavy atom. The van der Waals surface area contributed by atoms with Crippen LogP contribution in [-0.4, -0.2) is 17.9 Å². The van der Waals surface area contributed by atoms with Crippen molar-refractivity contribution in [1.29, 1.82) is 0 Å². The van der Waals surface area contributed by atoms with Gasteiger partial charge in [0.1, 0.15) is 6.26 Å². The molecule has 1 aromatic carbocycles. The van der Waals surface area contributed by atoms with Gasteiger partial charge in [-0.1, -0.05) is 26.8 Å². The van der Waals surface area contributed by atoms with E-state index < -0.39 is 6.04 Å². The number of carbonyl (C=O) groups is 2. The van der Waals surface area contributed by atoms with Crippen LogP contribution < -0.4 is 16.4 Å². The number of benzene rings is 1. The fourth-order valence-electron chi connectivity index (χ4n) is 1.88. The van der Waals surface area contributed by atoms with E-state index in [0.29, 0.717) is 16.9 Å². The molecule has 0 radical (unpaired) electrons. The van der Waals surface area contributed by atoms with E-state index in [2.05, 4.69) is 10.6 Å². The summed E-state index contributed by atoms with van der Waals surface area (Å²) in [5.41, 5.74) is 7.16. The molecule has 0 spiro atoms. The predicted octanol–water partition coefficient (Wildman–Crippen LogP) is 2.84. The van der Waals surface area contributed by atoms with Crippen molar-refractivity contribution in [3.63, 3.8) is 0 Å². The number of hydrogen-bond acceptors (Lipinski definition) is 4. The molecule has 0 saturated carbocycles. The van der Waals surface area contributed by atoms with Crippen molar-refractivity contribution in [2.45, 2.75) is 26.8 Å². The molecule has 0 bridgehead atoms. The van der Waals surface area contributed by atoms with Crippen molar-refractivity contribution >= 4 is 23.2 Å². The molecular weight excluding hydrogens is 294 g/mol. The lowest BCUT2D eigenvalue weighted by molar-refractivity contribution is -0.119. The van der Waals surface area contributed by atoms with Crippen molar-refractivity contribution in [3.05, 3.63) is 48.4 Å². The molecule has 0 fully saturated rings. The Morgan fingerprint density at radius 3 is 2.35 bits per heavy atom. The first-order valence-corrected chi connectivity index (χ1v) is 7.27. The number of carbonyl (C=O) groups excluding carboxylic acids is 2. The normalized spacial score (nSPS) is 12.5. The molecule has 1 atom stereocenters. The van der Waals surface area contributed by atoms with Crippen LogP contribution in [0.3, 0.4) is 0 Å². The minimum absolute atomic E-state index is 0.268. The smallest absolute Gasteiger partial charge is 0.258 e. The van der Waals surface area contributed by atoms with Crippen molar-refractivity contribution in [1.82, 2.24) is 0 Å². The maximum Gasteiger partial charge on any atom is 0.258 e. The molecule has 0 aliphatic rings. The van der Waals surface area contributed by atoms with E-state index in [1.54, 1.807) is 30.3 Å². The van der Waals surface area contributed by atoms with Gasteiger partial charge in [0, 0.05) is 11.4 Å². The summed E-state index contributed by atoms with van der Waals surface area (Å²) in [4.78, 5) is 24.1. The molecule has 1 heterocycles. The Kier molecular flexibility index (Phi) is 4.86. The number of rotatable bonds is 4. The van der Waals surface area contributed by atoms with Gasteiger partial charge in [-0.2, -0.15) is 0 Å². The molecule has 0 aliphatic carbocycles. The largest absolute Gasteiger partial charge is 0.472 e. The van der Waals surface area contributed by atoms with Crippen LogP contribution >= 0.6 is 0 Å². The van der Waals surface area contributed by atoms with Crippen LogP contribution in [0.15, 0.2) is 47.3 Å². The monoisotopic (exact) mass is 315 g/mol. The summed E-state index contributed by atoms with van der Waals surface area (Å²) in [6.07, 6.45) is 2.79. The summed E-state index contributed by atoms with van der Waals surface area (Å²) in [6, 6.07) is 7.82. The Morgan fingerprint density at radius 2 is 1.78 bits per heavy atom. The van der Waals surface area contributed by atoms with Crippen LogP contribution in [0.4, 0.5) is 11.4 Å². The van der Waals surface area contributed by atoms with Gasteiger partial charge in [0.15, 0.2) is 0 Å². The molecule has 23 heavy (non-hydrogen) atoms. The molecule has 2 amide bonds. The molecule has 2 rings (SSSR count). The second-order valence-corrected chi connectivity index (χ2v) is 6.38. The Labute approximate surface area is 135 Å². The van der Waals surface area contributed by atoms with Crippen LogP contribution in [0.2, 0.25) is 0 Å². The topological polar surface area (TPSA) is 97.4 Å². The van der Waals surface area contributed by atoms with Crippen molar-refractivity contribution in [2.24, 2.45) is 11.1 Å². The number of furan rings is 1. The van der Waals surface area contributed by atoms with E-state index >= 15 is 0 Å². The number of amides is 2. The zero-order valence-corrected chi connectivity index (χ0v) is 13.4. The van der Waals surface area contributed by atoms with Gasteiger partial charge in [-0.25, -0.2) is 0 Å². The summed E-state index contributed by atoms with van der Waals surface area (Å²) < 4.78 is 4.88. The van der Waals surface area contributed by atoms with Gasteiger partial charge in [-0.3, -0.25) is 9.59 Å². The third-order valence-corrected chi connectivity index (χ3v) is 3.39. The first kappa shape index (κ1) is 16.8. The maximum absolute atomic E-state index is 12.1. The number of nitrogens with one attached hydrogen (secondary N) is 2. The highest BCUT2D eigenvalue weighted by Crippen LogP contribution is 2.20. The quantitative estimate of drug-likeness (QED) is 0.808. The molecule has 6 heteroatoms.